The first-order valence-corrected chi connectivity index (χ1v) is 8.04. The predicted molar refractivity (Wildman–Crippen MR) is 73.4 cm³/mol. The maximum Gasteiger partial charge on any atom is 0.0940 e. The zero-order valence-corrected chi connectivity index (χ0v) is 12.0. The molecule has 0 atom stereocenters. The van der Waals surface area contributed by atoms with E-state index in [0.717, 1.165) is 11.8 Å². The van der Waals surface area contributed by atoms with E-state index in [4.69, 9.17) is 0 Å². The molecule has 0 bridgehead atoms. The van der Waals surface area contributed by atoms with Gasteiger partial charge in [0.25, 0.3) is 0 Å². The number of hydrogen-bond acceptors (Lipinski definition) is 3. The monoisotopic (exact) mass is 302 g/mol. The molecule has 2 rings (SSSR count). The van der Waals surface area contributed by atoms with Crippen LogP contribution < -0.4 is 0 Å². The first kappa shape index (κ1) is 12.5. The first-order chi connectivity index (χ1) is 7.88. The second-order valence-corrected chi connectivity index (χ2v) is 6.12. The molecule has 1 fully saturated rings. The van der Waals surface area contributed by atoms with Gasteiger partial charge in [-0.2, -0.15) is 0 Å². The topological polar surface area (TPSA) is 16.1 Å². The molecule has 1 aliphatic rings. The van der Waals surface area contributed by atoms with Crippen molar-refractivity contribution in [1.82, 2.24) is 9.88 Å². The van der Waals surface area contributed by atoms with Crippen molar-refractivity contribution in [2.24, 2.45) is 0 Å². The van der Waals surface area contributed by atoms with E-state index in [0.29, 0.717) is 0 Å². The maximum absolute atomic E-state index is 4.46. The van der Waals surface area contributed by atoms with Crippen LogP contribution in [-0.2, 0) is 11.8 Å². The van der Waals surface area contributed by atoms with Gasteiger partial charge >= 0.3 is 0 Å². The molecule has 1 saturated heterocycles. The van der Waals surface area contributed by atoms with Crippen molar-refractivity contribution in [2.75, 3.05) is 19.6 Å². The Bertz CT molecular complexity index is 306. The van der Waals surface area contributed by atoms with E-state index < -0.39 is 0 Å². The van der Waals surface area contributed by atoms with E-state index in [9.17, 15) is 0 Å². The van der Waals surface area contributed by atoms with Crippen molar-refractivity contribution in [1.29, 1.82) is 0 Å². The summed E-state index contributed by atoms with van der Waals surface area (Å²) < 4.78 is 0. The lowest BCUT2D eigenvalue weighted by molar-refractivity contribution is 0.288. The molecule has 0 unspecified atom stereocenters. The first-order valence-electron chi connectivity index (χ1n) is 6.10. The summed E-state index contributed by atoms with van der Waals surface area (Å²) in [5.41, 5.74) is 0. The van der Waals surface area contributed by atoms with Crippen LogP contribution in [0, 0.1) is 0 Å². The summed E-state index contributed by atoms with van der Waals surface area (Å²) in [4.78, 5) is 8.39. The Morgan fingerprint density at radius 2 is 2.00 bits per heavy atom. The Hall–Kier alpha value is 0.0700. The normalized spacial score (nSPS) is 18.6. The van der Waals surface area contributed by atoms with E-state index in [1.165, 1.54) is 55.2 Å². The molecule has 90 valence electrons. The Kier molecular flexibility index (Phi) is 5.26. The van der Waals surface area contributed by atoms with Gasteiger partial charge in [0, 0.05) is 29.4 Å². The van der Waals surface area contributed by atoms with Crippen LogP contribution in [0.5, 0.6) is 0 Å². The molecule has 1 aromatic heterocycles. The SMILES string of the molecule is BrCc1cnc(CCN2CCCCCC2)s1. The molecule has 0 amide bonds. The lowest BCUT2D eigenvalue weighted by atomic mass is 10.2. The molecule has 1 aliphatic heterocycles. The third kappa shape index (κ3) is 3.82. The molecule has 16 heavy (non-hydrogen) atoms. The van der Waals surface area contributed by atoms with E-state index >= 15 is 0 Å². The van der Waals surface area contributed by atoms with Crippen LogP contribution in [-0.4, -0.2) is 29.5 Å². The van der Waals surface area contributed by atoms with E-state index in [1.54, 1.807) is 0 Å². The summed E-state index contributed by atoms with van der Waals surface area (Å²) in [5, 5.41) is 2.23. The third-order valence-corrected chi connectivity index (χ3v) is 5.11. The fourth-order valence-corrected chi connectivity index (χ4v) is 3.39. The van der Waals surface area contributed by atoms with Gasteiger partial charge in [0.15, 0.2) is 0 Å². The average molecular weight is 303 g/mol. The third-order valence-electron chi connectivity index (χ3n) is 3.07. The van der Waals surface area contributed by atoms with E-state index in [2.05, 4.69) is 25.8 Å². The molecule has 0 saturated carbocycles. The standard InChI is InChI=1S/C12H19BrN2S/c13-9-11-10-14-12(16-11)5-8-15-6-3-1-2-4-7-15/h10H,1-9H2. The van der Waals surface area contributed by atoms with Gasteiger partial charge in [0.1, 0.15) is 0 Å². The van der Waals surface area contributed by atoms with Crippen LogP contribution in [0.3, 0.4) is 0 Å². The average Bonchev–Trinajstić information content (AvgIpc) is 2.61. The second kappa shape index (κ2) is 6.72. The minimum absolute atomic E-state index is 0.939. The fourth-order valence-electron chi connectivity index (χ4n) is 2.14. The molecule has 0 aromatic carbocycles. The largest absolute Gasteiger partial charge is 0.303 e. The van der Waals surface area contributed by atoms with E-state index in [1.807, 2.05) is 17.5 Å². The molecule has 0 radical (unpaired) electrons. The minimum atomic E-state index is 0.939. The minimum Gasteiger partial charge on any atom is -0.303 e. The van der Waals surface area contributed by atoms with Gasteiger partial charge < -0.3 is 4.90 Å². The van der Waals surface area contributed by atoms with Gasteiger partial charge in [-0.1, -0.05) is 28.8 Å². The molecule has 0 N–H and O–H groups in total. The maximum atomic E-state index is 4.46. The van der Waals surface area contributed by atoms with Crippen LogP contribution in [0.15, 0.2) is 6.20 Å². The van der Waals surface area contributed by atoms with Crippen molar-refractivity contribution < 1.29 is 0 Å². The lowest BCUT2D eigenvalue weighted by Gasteiger charge is -2.18. The molecule has 0 aliphatic carbocycles. The number of alkyl halides is 1. The van der Waals surface area contributed by atoms with Gasteiger partial charge in [-0.25, -0.2) is 4.98 Å². The number of rotatable bonds is 4. The number of halogens is 1. The summed E-state index contributed by atoms with van der Waals surface area (Å²) in [6, 6.07) is 0. The summed E-state index contributed by atoms with van der Waals surface area (Å²) in [7, 11) is 0. The predicted octanol–water partition coefficient (Wildman–Crippen LogP) is 3.46. The van der Waals surface area contributed by atoms with Crippen molar-refractivity contribution in [2.45, 2.75) is 37.4 Å². The van der Waals surface area contributed by atoms with Crippen LogP contribution in [0.1, 0.15) is 35.6 Å². The summed E-state index contributed by atoms with van der Waals surface area (Å²) in [6.07, 6.45) is 8.72. The summed E-state index contributed by atoms with van der Waals surface area (Å²) in [6.45, 7) is 3.77. The van der Waals surface area contributed by atoms with Crippen LogP contribution in [0.2, 0.25) is 0 Å². The highest BCUT2D eigenvalue weighted by Gasteiger charge is 2.09. The number of aromatic nitrogens is 1. The molecule has 2 nitrogen and oxygen atoms in total. The number of nitrogens with zero attached hydrogens (tertiary/aromatic N) is 2. The van der Waals surface area contributed by atoms with Crippen molar-refractivity contribution in [3.63, 3.8) is 0 Å². The molecule has 1 aromatic rings. The Balaban J connectivity index is 1.77. The highest BCUT2D eigenvalue weighted by Crippen LogP contribution is 2.17. The van der Waals surface area contributed by atoms with Crippen molar-refractivity contribution >= 4 is 27.3 Å². The van der Waals surface area contributed by atoms with Crippen molar-refractivity contribution in [3.05, 3.63) is 16.1 Å². The summed E-state index contributed by atoms with van der Waals surface area (Å²) in [5.74, 6) is 0. The zero-order valence-electron chi connectivity index (χ0n) is 9.62. The van der Waals surface area contributed by atoms with Gasteiger partial charge in [-0.05, 0) is 25.9 Å². The smallest absolute Gasteiger partial charge is 0.0940 e. The number of thiazole rings is 1. The fraction of sp³-hybridized carbons (Fsp3) is 0.750. The highest BCUT2D eigenvalue weighted by atomic mass is 79.9. The molecular formula is C12H19BrN2S. The van der Waals surface area contributed by atoms with Gasteiger partial charge in [-0.3, -0.25) is 0 Å². The Morgan fingerprint density at radius 3 is 2.62 bits per heavy atom. The Morgan fingerprint density at radius 1 is 1.25 bits per heavy atom. The second-order valence-electron chi connectivity index (χ2n) is 4.36. The highest BCUT2D eigenvalue weighted by molar-refractivity contribution is 9.08. The van der Waals surface area contributed by atoms with Gasteiger partial charge in [0.2, 0.25) is 0 Å². The van der Waals surface area contributed by atoms with Crippen LogP contribution in [0.4, 0.5) is 0 Å². The number of hydrogen-bond donors (Lipinski definition) is 0. The zero-order chi connectivity index (χ0) is 11.2. The van der Waals surface area contributed by atoms with Crippen LogP contribution >= 0.6 is 27.3 Å². The Labute approximate surface area is 110 Å². The van der Waals surface area contributed by atoms with Gasteiger partial charge in [0.05, 0.1) is 5.01 Å². The van der Waals surface area contributed by atoms with E-state index in [-0.39, 0.29) is 0 Å². The molecule has 0 spiro atoms. The quantitative estimate of drug-likeness (QED) is 0.792. The molecule has 2 heterocycles. The van der Waals surface area contributed by atoms with Gasteiger partial charge in [-0.15, -0.1) is 11.3 Å². The molecular weight excluding hydrogens is 284 g/mol. The molecule has 4 heteroatoms. The summed E-state index contributed by atoms with van der Waals surface area (Å²) >= 11 is 5.31. The number of likely N-dealkylation sites (tertiary alicyclic amines) is 1. The van der Waals surface area contributed by atoms with Crippen LogP contribution in [0.25, 0.3) is 0 Å². The lowest BCUT2D eigenvalue weighted by Crippen LogP contribution is -2.26. The van der Waals surface area contributed by atoms with Crippen molar-refractivity contribution in [3.8, 4) is 0 Å².